The van der Waals surface area contributed by atoms with Gasteiger partial charge in [0.1, 0.15) is 11.5 Å². The van der Waals surface area contributed by atoms with E-state index in [1.54, 1.807) is 32.4 Å². The van der Waals surface area contributed by atoms with Crippen LogP contribution in [0.5, 0.6) is 11.5 Å². The average Bonchev–Trinajstić information content (AvgIpc) is 2.61. The molecule has 24 heavy (non-hydrogen) atoms. The van der Waals surface area contributed by atoms with Crippen molar-refractivity contribution in [3.63, 3.8) is 0 Å². The van der Waals surface area contributed by atoms with E-state index >= 15 is 0 Å². The van der Waals surface area contributed by atoms with Crippen LogP contribution < -0.4 is 14.8 Å². The Kier molecular flexibility index (Phi) is 6.82. The zero-order valence-electron chi connectivity index (χ0n) is 13.8. The summed E-state index contributed by atoms with van der Waals surface area (Å²) in [5.74, 6) is 1.17. The number of ether oxygens (including phenoxy) is 2. The van der Waals surface area contributed by atoms with Crippen LogP contribution >= 0.6 is 23.4 Å². The summed E-state index contributed by atoms with van der Waals surface area (Å²) < 4.78 is 10.5. The van der Waals surface area contributed by atoms with E-state index in [1.807, 2.05) is 31.2 Å². The Hall–Kier alpha value is -1.85. The first-order valence-electron chi connectivity index (χ1n) is 7.52. The first-order chi connectivity index (χ1) is 11.6. The predicted molar refractivity (Wildman–Crippen MR) is 99.6 cm³/mol. The maximum absolute atomic E-state index is 12.6. The fourth-order valence-corrected chi connectivity index (χ4v) is 3.21. The molecule has 2 aromatic carbocycles. The molecule has 1 atom stereocenters. The second-order valence-electron chi connectivity index (χ2n) is 5.02. The highest BCUT2D eigenvalue weighted by Gasteiger charge is 2.19. The van der Waals surface area contributed by atoms with Gasteiger partial charge >= 0.3 is 0 Å². The van der Waals surface area contributed by atoms with Crippen LogP contribution in [0.3, 0.4) is 0 Å². The van der Waals surface area contributed by atoms with Crippen molar-refractivity contribution < 1.29 is 14.3 Å². The summed E-state index contributed by atoms with van der Waals surface area (Å²) in [5.41, 5.74) is 0.594. The Bertz CT molecular complexity index is 691. The van der Waals surface area contributed by atoms with E-state index in [4.69, 9.17) is 21.1 Å². The number of hydrogen-bond donors (Lipinski definition) is 1. The third-order valence-electron chi connectivity index (χ3n) is 3.42. The molecule has 0 spiro atoms. The van der Waals surface area contributed by atoms with Gasteiger partial charge in [0.15, 0.2) is 0 Å². The van der Waals surface area contributed by atoms with Crippen molar-refractivity contribution in [2.24, 2.45) is 0 Å². The van der Waals surface area contributed by atoms with Crippen molar-refractivity contribution in [3.8, 4) is 11.5 Å². The molecule has 0 aliphatic heterocycles. The van der Waals surface area contributed by atoms with Crippen LogP contribution in [0.4, 0.5) is 5.69 Å². The number of nitrogens with one attached hydrogen (secondary N) is 1. The summed E-state index contributed by atoms with van der Waals surface area (Å²) in [6, 6.07) is 12.8. The van der Waals surface area contributed by atoms with Crippen molar-refractivity contribution in [2.75, 3.05) is 19.5 Å². The summed E-state index contributed by atoms with van der Waals surface area (Å²) in [5, 5.41) is 3.39. The Morgan fingerprint density at radius 1 is 1.17 bits per heavy atom. The molecular formula is C18H20ClNO3S. The van der Waals surface area contributed by atoms with Crippen LogP contribution in [0.2, 0.25) is 5.02 Å². The van der Waals surface area contributed by atoms with Crippen molar-refractivity contribution in [3.05, 3.63) is 47.5 Å². The van der Waals surface area contributed by atoms with Crippen LogP contribution in [0, 0.1) is 0 Å². The number of thioether (sulfide) groups is 1. The number of anilines is 1. The van der Waals surface area contributed by atoms with Crippen molar-refractivity contribution in [1.82, 2.24) is 0 Å². The number of carbonyl (C=O) groups excluding carboxylic acids is 1. The maximum atomic E-state index is 12.6. The lowest BCUT2D eigenvalue weighted by Crippen LogP contribution is -2.24. The van der Waals surface area contributed by atoms with Gasteiger partial charge in [0, 0.05) is 16.0 Å². The molecule has 6 heteroatoms. The molecule has 0 bridgehead atoms. The summed E-state index contributed by atoms with van der Waals surface area (Å²) in [6.45, 7) is 1.98. The fraction of sp³-hybridized carbons (Fsp3) is 0.278. The number of amides is 1. The van der Waals surface area contributed by atoms with Crippen LogP contribution in [0.15, 0.2) is 47.4 Å². The molecule has 0 aliphatic carbocycles. The minimum atomic E-state index is -0.220. The number of rotatable bonds is 7. The molecule has 2 aromatic rings. The van der Waals surface area contributed by atoms with E-state index in [0.29, 0.717) is 28.6 Å². The number of carbonyl (C=O) groups is 1. The van der Waals surface area contributed by atoms with Crippen LogP contribution in [0.1, 0.15) is 13.3 Å². The summed E-state index contributed by atoms with van der Waals surface area (Å²) >= 11 is 7.41. The molecule has 1 N–H and O–H groups in total. The Morgan fingerprint density at radius 3 is 2.46 bits per heavy atom. The number of methoxy groups -OCH3 is 2. The minimum absolute atomic E-state index is 0.0796. The van der Waals surface area contributed by atoms with E-state index < -0.39 is 0 Å². The minimum Gasteiger partial charge on any atom is -0.497 e. The standard InChI is InChI=1S/C18H20ClNO3S/c1-4-17(24-14-8-5-12(19)6-9-14)18(21)20-15-11-13(22-2)7-10-16(15)23-3/h5-11,17H,4H2,1-3H3,(H,20,21)/t17-/m1/s1. The monoisotopic (exact) mass is 365 g/mol. The number of halogens is 1. The quantitative estimate of drug-likeness (QED) is 0.711. The fourth-order valence-electron chi connectivity index (χ4n) is 2.12. The van der Waals surface area contributed by atoms with E-state index in [0.717, 1.165) is 4.90 Å². The van der Waals surface area contributed by atoms with Gasteiger partial charge in [0.25, 0.3) is 0 Å². The molecule has 0 fully saturated rings. The molecule has 128 valence electrons. The number of hydrogen-bond acceptors (Lipinski definition) is 4. The van der Waals surface area contributed by atoms with Gasteiger partial charge in [-0.3, -0.25) is 4.79 Å². The van der Waals surface area contributed by atoms with Gasteiger partial charge in [-0.15, -0.1) is 11.8 Å². The average molecular weight is 366 g/mol. The molecule has 4 nitrogen and oxygen atoms in total. The maximum Gasteiger partial charge on any atom is 0.237 e. The molecule has 0 unspecified atom stereocenters. The van der Waals surface area contributed by atoms with Crippen molar-refractivity contribution in [1.29, 1.82) is 0 Å². The topological polar surface area (TPSA) is 47.6 Å². The zero-order valence-corrected chi connectivity index (χ0v) is 15.4. The van der Waals surface area contributed by atoms with Gasteiger partial charge in [-0.2, -0.15) is 0 Å². The Labute approximate surface area is 151 Å². The SMILES string of the molecule is CC[C@@H](Sc1ccc(Cl)cc1)C(=O)Nc1cc(OC)ccc1OC. The third kappa shape index (κ3) is 4.82. The van der Waals surface area contributed by atoms with Gasteiger partial charge in [-0.1, -0.05) is 18.5 Å². The second kappa shape index (κ2) is 8.85. The van der Waals surface area contributed by atoms with E-state index in [9.17, 15) is 4.79 Å². The van der Waals surface area contributed by atoms with Gasteiger partial charge in [0.05, 0.1) is 25.2 Å². The lowest BCUT2D eigenvalue weighted by molar-refractivity contribution is -0.115. The largest absolute Gasteiger partial charge is 0.497 e. The van der Waals surface area contributed by atoms with Crippen LogP contribution in [-0.2, 0) is 4.79 Å². The normalized spacial score (nSPS) is 11.7. The van der Waals surface area contributed by atoms with E-state index in [-0.39, 0.29) is 11.2 Å². The molecule has 0 aromatic heterocycles. The van der Waals surface area contributed by atoms with Crippen molar-refractivity contribution in [2.45, 2.75) is 23.5 Å². The van der Waals surface area contributed by atoms with Crippen LogP contribution in [-0.4, -0.2) is 25.4 Å². The van der Waals surface area contributed by atoms with Crippen LogP contribution in [0.25, 0.3) is 0 Å². The molecule has 0 saturated heterocycles. The Balaban J connectivity index is 2.12. The summed E-state index contributed by atoms with van der Waals surface area (Å²) in [6.07, 6.45) is 0.700. The second-order valence-corrected chi connectivity index (χ2v) is 6.74. The highest BCUT2D eigenvalue weighted by molar-refractivity contribution is 8.00. The Morgan fingerprint density at radius 2 is 1.88 bits per heavy atom. The molecule has 0 radical (unpaired) electrons. The highest BCUT2D eigenvalue weighted by Crippen LogP contribution is 2.31. The zero-order chi connectivity index (χ0) is 17.5. The summed E-state index contributed by atoms with van der Waals surface area (Å²) in [7, 11) is 3.15. The lowest BCUT2D eigenvalue weighted by atomic mass is 10.2. The van der Waals surface area contributed by atoms with Gasteiger partial charge in [-0.05, 0) is 42.8 Å². The number of benzene rings is 2. The van der Waals surface area contributed by atoms with Gasteiger partial charge in [0.2, 0.25) is 5.91 Å². The molecule has 0 heterocycles. The lowest BCUT2D eigenvalue weighted by Gasteiger charge is -2.17. The molecule has 0 aliphatic rings. The first kappa shape index (κ1) is 18.5. The van der Waals surface area contributed by atoms with Crippen molar-refractivity contribution >= 4 is 35.0 Å². The predicted octanol–water partition coefficient (Wildman–Crippen LogP) is 4.87. The highest BCUT2D eigenvalue weighted by atomic mass is 35.5. The molecule has 2 rings (SSSR count). The first-order valence-corrected chi connectivity index (χ1v) is 8.78. The van der Waals surface area contributed by atoms with Gasteiger partial charge < -0.3 is 14.8 Å². The van der Waals surface area contributed by atoms with E-state index in [2.05, 4.69) is 5.32 Å². The molecule has 1 amide bonds. The molecule has 0 saturated carbocycles. The third-order valence-corrected chi connectivity index (χ3v) is 5.05. The van der Waals surface area contributed by atoms with Gasteiger partial charge in [-0.25, -0.2) is 0 Å². The smallest absolute Gasteiger partial charge is 0.237 e. The molecular weight excluding hydrogens is 346 g/mol. The summed E-state index contributed by atoms with van der Waals surface area (Å²) in [4.78, 5) is 13.6. The van der Waals surface area contributed by atoms with E-state index in [1.165, 1.54) is 11.8 Å².